The van der Waals surface area contributed by atoms with E-state index in [1.807, 2.05) is 49.4 Å². The summed E-state index contributed by atoms with van der Waals surface area (Å²) in [5, 5.41) is 25.5. The number of carbonyl (C=O) groups excluding carboxylic acids is 10. The van der Waals surface area contributed by atoms with Gasteiger partial charge in [-0.05, 0) is 134 Å². The molecule has 0 radical (unpaired) electrons. The van der Waals surface area contributed by atoms with Gasteiger partial charge in [-0.15, -0.1) is 0 Å². The molecule has 10 rings (SSSR count). The molecule has 30 heteroatoms. The molecular weight excluding hydrogens is 1430 g/mol. The third-order valence-electron chi connectivity index (χ3n) is 22.3. The molecular formula is C80H105F2N9O19. The Hall–Kier alpha value is -9.04. The molecule has 3 aromatic rings. The maximum atomic E-state index is 18.0. The number of rotatable bonds is 35. The lowest BCUT2D eigenvalue weighted by Gasteiger charge is -2.63. The van der Waals surface area contributed by atoms with Gasteiger partial charge in [0, 0.05) is 81.0 Å². The molecule has 598 valence electrons. The van der Waals surface area contributed by atoms with Crippen molar-refractivity contribution in [1.82, 2.24) is 31.1 Å². The number of nitrogens with two attached hydrogens (primary N) is 1. The Kier molecular flexibility index (Phi) is 28.7. The standard InChI is InChI=1S/C80H105F2N9O19/c1-7-13-70-109-66-45-58-59-44-61(81)60-43-56(92)25-27-77(60,5)79(59,82)64(93)46-78(58,6)80(66,110-70)65(94)49-108-76(102)90-32-30-89(31-33-90)75(101)107-48-52-19-21-55(22-20-52)86-72(98)62(17-12-28-85-74(83)100)87-73(99)71(50(2)3)88-68(96)26-34-103-36-38-105-40-41-106-39-37-104-35-29-84-67(95)23-24-69(97)91-47-54-15-8-10-16-57(54)51(4)42-53-14-9-11-18-63(53)91/h8-11,14-16,18-22,25,27,42-43,50,58-59,61-62,64,66,70-71,93H,7,12-13,17,23-24,26,28-41,44-49H2,1-6H3,(H,84,95)(H,86,98)(H,87,99)(H,88,96)(H3,83,85,100)/b51-42-/t58-,59-,61-,62-,64-,66+,70?,71-,77-,78-,79-,80+/m0/s1. The number of fused-ring (bicyclic) bond motifs is 9. The van der Waals surface area contributed by atoms with Gasteiger partial charge in [-0.1, -0.05) is 94.8 Å². The SMILES string of the molecule is CCCC1O[C@@H]2C[C@H]3[C@@H]4C[C@H](F)C5=CC(=O)C=C[C@]5(C)[C@@]4(F)[C@@H](O)C[C@]3(C)[C@]2(C(=O)COC(=O)N2CCN(C(=O)OCc3ccc(NC(=O)[C@H](CCCNC(N)=O)NC(=O)[C@@H](NC(=O)CCOCCOCCOCCOCCNC(=O)CCC(=O)N4Cc5ccccc5/C(C)=C\c5ccccc54)C(C)C)cc3)CC2)O1. The van der Waals surface area contributed by atoms with Crippen LogP contribution in [0, 0.1) is 28.6 Å². The zero-order valence-corrected chi connectivity index (χ0v) is 63.5. The largest absolute Gasteiger partial charge is 0.445 e. The second-order valence-electron chi connectivity index (χ2n) is 29.8. The Balaban J connectivity index is 0.585. The third kappa shape index (κ3) is 19.3. The number of urea groups is 1. The van der Waals surface area contributed by atoms with E-state index in [1.54, 1.807) is 49.9 Å². The molecule has 0 spiro atoms. The van der Waals surface area contributed by atoms with Crippen molar-refractivity contribution in [3.05, 3.63) is 119 Å². The topological polar surface area (TPSA) is 361 Å². The fourth-order valence-electron chi connectivity index (χ4n) is 16.6. The van der Waals surface area contributed by atoms with Crippen molar-refractivity contribution in [3.8, 4) is 0 Å². The number of carbonyl (C=O) groups is 10. The number of ketones is 2. The number of benzene rings is 3. The first-order valence-corrected chi connectivity index (χ1v) is 38.1. The summed E-state index contributed by atoms with van der Waals surface area (Å²) in [6.45, 7) is 12.7. The van der Waals surface area contributed by atoms with Crippen molar-refractivity contribution < 1.29 is 99.7 Å². The molecule has 8 N–H and O–H groups in total. The van der Waals surface area contributed by atoms with Crippen LogP contribution < -0.4 is 37.2 Å². The number of aliphatic hydroxyl groups excluding tert-OH is 1. The summed E-state index contributed by atoms with van der Waals surface area (Å²) in [4.78, 5) is 137. The zero-order valence-electron chi connectivity index (χ0n) is 63.5. The maximum Gasteiger partial charge on any atom is 0.410 e. The van der Waals surface area contributed by atoms with E-state index in [0.717, 1.165) is 34.0 Å². The van der Waals surface area contributed by atoms with Crippen LogP contribution >= 0.6 is 0 Å². The predicted molar refractivity (Wildman–Crippen MR) is 399 cm³/mol. The molecule has 12 atom stereocenters. The Morgan fingerprint density at radius 2 is 1.39 bits per heavy atom. The second kappa shape index (κ2) is 37.8. The lowest BCUT2D eigenvalue weighted by molar-refractivity contribution is -0.234. The monoisotopic (exact) mass is 1530 g/mol. The summed E-state index contributed by atoms with van der Waals surface area (Å²) < 4.78 is 80.7. The summed E-state index contributed by atoms with van der Waals surface area (Å²) in [5.41, 5.74) is 4.04. The number of hydrogen-bond donors (Lipinski definition) is 7. The average molecular weight is 1530 g/mol. The van der Waals surface area contributed by atoms with Gasteiger partial charge in [-0.3, -0.25) is 33.6 Å². The number of amides is 9. The summed E-state index contributed by atoms with van der Waals surface area (Å²) in [6, 6.07) is 19.3. The van der Waals surface area contributed by atoms with Gasteiger partial charge in [0.05, 0.1) is 77.3 Å². The lowest BCUT2D eigenvalue weighted by atomic mass is 9.44. The number of piperazine rings is 1. The number of ether oxygens (including phenoxy) is 8. The first-order valence-electron chi connectivity index (χ1n) is 38.1. The summed E-state index contributed by atoms with van der Waals surface area (Å²) in [5.74, 6) is -5.35. The van der Waals surface area contributed by atoms with E-state index in [2.05, 4.69) is 45.7 Å². The van der Waals surface area contributed by atoms with E-state index in [1.165, 1.54) is 28.9 Å². The van der Waals surface area contributed by atoms with Crippen molar-refractivity contribution in [2.24, 2.45) is 34.3 Å². The van der Waals surface area contributed by atoms with E-state index < -0.39 is 131 Å². The molecule has 1 unspecified atom stereocenters. The van der Waals surface area contributed by atoms with E-state index in [-0.39, 0.29) is 148 Å². The number of aliphatic hydroxyl groups is 1. The number of anilines is 2. The molecule has 5 fully saturated rings. The summed E-state index contributed by atoms with van der Waals surface area (Å²) >= 11 is 0. The number of Topliss-reactive ketones (excluding diaryl/α,β-unsaturated/α-hetero) is 1. The first-order chi connectivity index (χ1) is 52.7. The normalized spacial score (nSPS) is 26.1. The smallest absolute Gasteiger partial charge is 0.410 e. The number of alkyl halides is 2. The van der Waals surface area contributed by atoms with Crippen molar-refractivity contribution in [2.75, 3.05) is 109 Å². The van der Waals surface area contributed by atoms with Crippen LogP contribution in [0.4, 0.5) is 34.5 Å². The van der Waals surface area contributed by atoms with Gasteiger partial charge in [0.15, 0.2) is 29.9 Å². The highest BCUT2D eigenvalue weighted by atomic mass is 19.1. The van der Waals surface area contributed by atoms with Crippen LogP contribution in [-0.4, -0.2) is 221 Å². The fraction of sp³-hybridized carbons (Fsp3) is 0.575. The van der Waals surface area contributed by atoms with Crippen molar-refractivity contribution >= 4 is 82.3 Å². The quantitative estimate of drug-likeness (QED) is 0.0283. The maximum absolute atomic E-state index is 18.0. The van der Waals surface area contributed by atoms with Gasteiger partial charge in [0.1, 0.15) is 24.9 Å². The highest BCUT2D eigenvalue weighted by Crippen LogP contribution is 2.72. The summed E-state index contributed by atoms with van der Waals surface area (Å²) in [7, 11) is 0. The van der Waals surface area contributed by atoms with Crippen LogP contribution in [0.3, 0.4) is 0 Å². The Bertz CT molecular complexity index is 3910. The minimum atomic E-state index is -2.39. The van der Waals surface area contributed by atoms with Crippen LogP contribution in [0.1, 0.15) is 128 Å². The van der Waals surface area contributed by atoms with Crippen LogP contribution in [0.5, 0.6) is 0 Å². The molecule has 0 aromatic heterocycles. The molecule has 3 aromatic carbocycles. The Morgan fingerprint density at radius 3 is 2.07 bits per heavy atom. The zero-order chi connectivity index (χ0) is 78.9. The van der Waals surface area contributed by atoms with E-state index >= 15 is 8.78 Å². The van der Waals surface area contributed by atoms with Gasteiger partial charge >= 0.3 is 18.2 Å². The Labute approximate surface area is 639 Å². The third-order valence-corrected chi connectivity index (χ3v) is 22.3. The van der Waals surface area contributed by atoms with E-state index in [4.69, 9.17) is 43.6 Å². The van der Waals surface area contributed by atoms with E-state index in [0.29, 0.717) is 50.5 Å². The molecule has 3 saturated carbocycles. The highest BCUT2D eigenvalue weighted by molar-refractivity contribution is 6.02. The van der Waals surface area contributed by atoms with Crippen LogP contribution in [0.2, 0.25) is 0 Å². The number of nitrogens with zero attached hydrogens (tertiary/aromatic N) is 3. The van der Waals surface area contributed by atoms with Gasteiger partial charge in [-0.2, -0.15) is 0 Å². The highest BCUT2D eigenvalue weighted by Gasteiger charge is 2.80. The molecule has 28 nitrogen and oxygen atoms in total. The lowest BCUT2D eigenvalue weighted by Crippen LogP contribution is -2.71. The van der Waals surface area contributed by atoms with Gasteiger partial charge in [0.2, 0.25) is 35.3 Å². The van der Waals surface area contributed by atoms with Crippen LogP contribution in [0.15, 0.2) is 96.6 Å². The number of allylic oxidation sites excluding steroid dienone is 5. The van der Waals surface area contributed by atoms with Gasteiger partial charge < -0.3 is 90.0 Å². The Morgan fingerprint density at radius 1 is 0.736 bits per heavy atom. The predicted octanol–water partition coefficient (Wildman–Crippen LogP) is 7.33. The van der Waals surface area contributed by atoms with Crippen molar-refractivity contribution in [1.29, 1.82) is 0 Å². The molecule has 110 heavy (non-hydrogen) atoms. The number of halogens is 2. The van der Waals surface area contributed by atoms with Crippen molar-refractivity contribution in [2.45, 2.75) is 167 Å². The van der Waals surface area contributed by atoms with Crippen LogP contribution in [0.25, 0.3) is 11.6 Å². The fourth-order valence-corrected chi connectivity index (χ4v) is 16.6. The minimum Gasteiger partial charge on any atom is -0.445 e. The van der Waals surface area contributed by atoms with Gasteiger partial charge in [0.25, 0.3) is 0 Å². The van der Waals surface area contributed by atoms with Crippen LogP contribution in [-0.2, 0) is 84.6 Å². The average Bonchev–Trinajstić information content (AvgIpc) is 1.45. The molecule has 7 aliphatic rings. The van der Waals surface area contributed by atoms with E-state index in [9.17, 15) is 53.1 Å². The second-order valence-corrected chi connectivity index (χ2v) is 29.8. The molecule has 9 amide bonds. The molecule has 3 aliphatic heterocycles. The minimum absolute atomic E-state index is 0.0208. The molecule has 0 bridgehead atoms. The number of hydrogen-bond acceptors (Lipinski definition) is 19. The summed E-state index contributed by atoms with van der Waals surface area (Å²) in [6.07, 6.45) is 0.105. The van der Waals surface area contributed by atoms with Gasteiger partial charge in [-0.25, -0.2) is 23.2 Å². The molecule has 4 aliphatic carbocycles. The first kappa shape index (κ1) is 83.4. The number of nitrogens with one attached hydrogen (secondary N) is 5. The molecule has 2 saturated heterocycles. The number of para-hydroxylation sites is 1. The number of primary amides is 1. The van der Waals surface area contributed by atoms with Crippen molar-refractivity contribution in [3.63, 3.8) is 0 Å². The molecule has 3 heterocycles.